The quantitative estimate of drug-likeness (QED) is 0.618. The van der Waals surface area contributed by atoms with Crippen molar-refractivity contribution in [3.63, 3.8) is 0 Å². The standard InChI is InChI=1S/C21H22N2O3S2/c1-3-15-6-8-16(9-7-15)20(19-5-4-14-27-19)23-21(24)17-10-12-18(13-11-17)28(25,26)22-2/h4-14,20,22H,3H2,1-2H3,(H,23,24). The van der Waals surface area contributed by atoms with Crippen molar-refractivity contribution in [3.05, 3.63) is 87.6 Å². The van der Waals surface area contributed by atoms with E-state index in [1.54, 1.807) is 11.3 Å². The smallest absolute Gasteiger partial charge is 0.252 e. The van der Waals surface area contributed by atoms with E-state index < -0.39 is 10.0 Å². The van der Waals surface area contributed by atoms with Crippen LogP contribution in [0.3, 0.4) is 0 Å². The maximum atomic E-state index is 12.8. The van der Waals surface area contributed by atoms with Crippen LogP contribution in [0.1, 0.15) is 39.3 Å². The van der Waals surface area contributed by atoms with Crippen LogP contribution in [0.15, 0.2) is 70.9 Å². The van der Waals surface area contributed by atoms with Crippen molar-refractivity contribution in [2.75, 3.05) is 7.05 Å². The number of carbonyl (C=O) groups excluding carboxylic acids is 1. The molecule has 0 saturated carbocycles. The van der Waals surface area contributed by atoms with E-state index in [9.17, 15) is 13.2 Å². The van der Waals surface area contributed by atoms with Gasteiger partial charge in [-0.05, 0) is 60.3 Å². The van der Waals surface area contributed by atoms with Gasteiger partial charge >= 0.3 is 0 Å². The van der Waals surface area contributed by atoms with E-state index in [2.05, 4.69) is 29.1 Å². The van der Waals surface area contributed by atoms with E-state index in [0.29, 0.717) is 5.56 Å². The third-order valence-corrected chi connectivity index (χ3v) is 6.89. The molecule has 0 aliphatic heterocycles. The number of hydrogen-bond donors (Lipinski definition) is 2. The molecule has 0 aliphatic rings. The summed E-state index contributed by atoms with van der Waals surface area (Å²) in [4.78, 5) is 14.0. The van der Waals surface area contributed by atoms with Crippen LogP contribution in [0.4, 0.5) is 0 Å². The molecule has 0 radical (unpaired) electrons. The molecule has 1 amide bonds. The molecule has 1 heterocycles. The molecule has 2 aromatic carbocycles. The van der Waals surface area contributed by atoms with E-state index in [1.807, 2.05) is 29.6 Å². The average molecular weight is 415 g/mol. The second-order valence-electron chi connectivity index (χ2n) is 6.25. The van der Waals surface area contributed by atoms with Crippen molar-refractivity contribution < 1.29 is 13.2 Å². The molecule has 5 nitrogen and oxygen atoms in total. The molecule has 0 bridgehead atoms. The number of benzene rings is 2. The summed E-state index contributed by atoms with van der Waals surface area (Å²) < 4.78 is 25.9. The average Bonchev–Trinajstić information content (AvgIpc) is 3.26. The number of nitrogens with one attached hydrogen (secondary N) is 2. The summed E-state index contributed by atoms with van der Waals surface area (Å²) in [5, 5.41) is 5.05. The normalized spacial score (nSPS) is 12.5. The molecule has 7 heteroatoms. The van der Waals surface area contributed by atoms with E-state index >= 15 is 0 Å². The fourth-order valence-corrected chi connectivity index (χ4v) is 4.37. The number of sulfonamides is 1. The van der Waals surface area contributed by atoms with Crippen LogP contribution in [-0.4, -0.2) is 21.4 Å². The Balaban J connectivity index is 1.85. The molecule has 0 saturated heterocycles. The fraction of sp³-hybridized carbons (Fsp3) is 0.190. The minimum absolute atomic E-state index is 0.122. The van der Waals surface area contributed by atoms with Crippen molar-refractivity contribution in [2.24, 2.45) is 0 Å². The number of aryl methyl sites for hydroxylation is 1. The lowest BCUT2D eigenvalue weighted by molar-refractivity contribution is 0.0943. The zero-order valence-corrected chi connectivity index (χ0v) is 17.3. The van der Waals surface area contributed by atoms with Gasteiger partial charge in [0.05, 0.1) is 10.9 Å². The predicted octanol–water partition coefficient (Wildman–Crippen LogP) is 3.74. The van der Waals surface area contributed by atoms with Crippen LogP contribution in [0, 0.1) is 0 Å². The van der Waals surface area contributed by atoms with Crippen molar-refractivity contribution in [2.45, 2.75) is 24.3 Å². The third-order valence-electron chi connectivity index (χ3n) is 4.52. The summed E-state index contributed by atoms with van der Waals surface area (Å²) in [6, 6.07) is 17.8. The Kier molecular flexibility index (Phi) is 6.28. The van der Waals surface area contributed by atoms with E-state index in [-0.39, 0.29) is 16.8 Å². The Labute approximate surface area is 169 Å². The first-order chi connectivity index (χ1) is 13.4. The molecule has 1 aromatic heterocycles. The molecule has 1 unspecified atom stereocenters. The molecule has 3 aromatic rings. The molecular formula is C21H22N2O3S2. The third kappa shape index (κ3) is 4.49. The first-order valence-electron chi connectivity index (χ1n) is 8.91. The molecule has 0 fully saturated rings. The maximum Gasteiger partial charge on any atom is 0.252 e. The zero-order valence-electron chi connectivity index (χ0n) is 15.7. The molecule has 0 aliphatic carbocycles. The lowest BCUT2D eigenvalue weighted by Gasteiger charge is -2.19. The molecule has 1 atom stereocenters. The van der Waals surface area contributed by atoms with Crippen molar-refractivity contribution >= 4 is 27.3 Å². The number of rotatable bonds is 7. The van der Waals surface area contributed by atoms with Crippen molar-refractivity contribution in [1.82, 2.24) is 10.0 Å². The van der Waals surface area contributed by atoms with Crippen molar-refractivity contribution in [3.8, 4) is 0 Å². The second-order valence-corrected chi connectivity index (χ2v) is 9.11. The van der Waals surface area contributed by atoms with Crippen LogP contribution in [0.25, 0.3) is 0 Å². The highest BCUT2D eigenvalue weighted by Crippen LogP contribution is 2.27. The van der Waals surface area contributed by atoms with E-state index in [1.165, 1.54) is 36.9 Å². The lowest BCUT2D eigenvalue weighted by Crippen LogP contribution is -2.29. The fourth-order valence-electron chi connectivity index (χ4n) is 2.84. The van der Waals surface area contributed by atoms with Gasteiger partial charge in [0.15, 0.2) is 0 Å². The topological polar surface area (TPSA) is 75.3 Å². The monoisotopic (exact) mass is 414 g/mol. The van der Waals surface area contributed by atoms with Gasteiger partial charge in [0, 0.05) is 10.4 Å². The minimum Gasteiger partial charge on any atom is -0.340 e. The molecule has 146 valence electrons. The zero-order chi connectivity index (χ0) is 20.1. The van der Waals surface area contributed by atoms with Crippen LogP contribution in [-0.2, 0) is 16.4 Å². The molecule has 3 rings (SSSR count). The van der Waals surface area contributed by atoms with Gasteiger partial charge in [0.1, 0.15) is 0 Å². The van der Waals surface area contributed by atoms with Crippen LogP contribution < -0.4 is 10.0 Å². The lowest BCUT2D eigenvalue weighted by atomic mass is 10.0. The number of thiophene rings is 1. The van der Waals surface area contributed by atoms with Crippen LogP contribution >= 0.6 is 11.3 Å². The predicted molar refractivity (Wildman–Crippen MR) is 112 cm³/mol. The highest BCUT2D eigenvalue weighted by molar-refractivity contribution is 7.89. The first kappa shape index (κ1) is 20.3. The van der Waals surface area contributed by atoms with Crippen LogP contribution in [0.5, 0.6) is 0 Å². The summed E-state index contributed by atoms with van der Waals surface area (Å²) >= 11 is 1.58. The summed E-state index contributed by atoms with van der Waals surface area (Å²) in [7, 11) is -2.18. The van der Waals surface area contributed by atoms with Crippen molar-refractivity contribution in [1.29, 1.82) is 0 Å². The Bertz CT molecular complexity index is 1030. The SMILES string of the molecule is CCc1ccc(C(NC(=O)c2ccc(S(=O)(=O)NC)cc2)c2cccs2)cc1. The molecule has 2 N–H and O–H groups in total. The van der Waals surface area contributed by atoms with E-state index in [0.717, 1.165) is 16.9 Å². The van der Waals surface area contributed by atoms with Gasteiger partial charge in [0.25, 0.3) is 5.91 Å². The Morgan fingerprint density at radius 3 is 2.25 bits per heavy atom. The highest BCUT2D eigenvalue weighted by Gasteiger charge is 2.19. The number of amides is 1. The summed E-state index contributed by atoms with van der Waals surface area (Å²) in [6.07, 6.45) is 0.957. The maximum absolute atomic E-state index is 12.8. The first-order valence-corrected chi connectivity index (χ1v) is 11.3. The van der Waals surface area contributed by atoms with Gasteiger partial charge < -0.3 is 5.32 Å². The second kappa shape index (κ2) is 8.68. The van der Waals surface area contributed by atoms with Gasteiger partial charge in [-0.25, -0.2) is 13.1 Å². The van der Waals surface area contributed by atoms with E-state index in [4.69, 9.17) is 0 Å². The van der Waals surface area contributed by atoms with Gasteiger partial charge in [-0.15, -0.1) is 11.3 Å². The highest BCUT2D eigenvalue weighted by atomic mass is 32.2. The van der Waals surface area contributed by atoms with Gasteiger partial charge in [-0.2, -0.15) is 0 Å². The number of carbonyl (C=O) groups is 1. The Morgan fingerprint density at radius 1 is 1.04 bits per heavy atom. The largest absolute Gasteiger partial charge is 0.340 e. The van der Waals surface area contributed by atoms with Crippen LogP contribution in [0.2, 0.25) is 0 Å². The van der Waals surface area contributed by atoms with Gasteiger partial charge in [0.2, 0.25) is 10.0 Å². The number of hydrogen-bond acceptors (Lipinski definition) is 4. The molecular weight excluding hydrogens is 392 g/mol. The summed E-state index contributed by atoms with van der Waals surface area (Å²) in [6.45, 7) is 2.10. The van der Waals surface area contributed by atoms with Gasteiger partial charge in [-0.3, -0.25) is 4.79 Å². The van der Waals surface area contributed by atoms with Gasteiger partial charge in [-0.1, -0.05) is 37.3 Å². The molecule has 28 heavy (non-hydrogen) atoms. The molecule has 0 spiro atoms. The Hall–Kier alpha value is -2.48. The summed E-state index contributed by atoms with van der Waals surface area (Å²) in [5.41, 5.74) is 2.64. The Morgan fingerprint density at radius 2 is 1.71 bits per heavy atom. The summed E-state index contributed by atoms with van der Waals surface area (Å²) in [5.74, 6) is -0.258. The minimum atomic E-state index is -3.53.